The molecule has 0 aromatic carbocycles. The van der Waals surface area contributed by atoms with Gasteiger partial charge in [0, 0.05) is 29.7 Å². The Morgan fingerprint density at radius 3 is 2.40 bits per heavy atom. The van der Waals surface area contributed by atoms with Gasteiger partial charge in [-0.2, -0.15) is 0 Å². The minimum absolute atomic E-state index is 0.0441. The summed E-state index contributed by atoms with van der Waals surface area (Å²) in [6, 6.07) is 0. The second kappa shape index (κ2) is 10.4. The third-order valence-corrected chi connectivity index (χ3v) is 13.7. The minimum Gasteiger partial charge on any atom is -0.481 e. The van der Waals surface area contributed by atoms with Crippen LogP contribution in [0.2, 0.25) is 0 Å². The average molecular weight is 588 g/mol. The van der Waals surface area contributed by atoms with Crippen LogP contribution in [0.3, 0.4) is 0 Å². The molecule has 4 fully saturated rings. The number of rotatable bonds is 7. The summed E-state index contributed by atoms with van der Waals surface area (Å²) in [5.74, 6) is -1.40. The van der Waals surface area contributed by atoms with Crippen LogP contribution >= 0.6 is 0 Å². The van der Waals surface area contributed by atoms with E-state index >= 15 is 0 Å². The van der Waals surface area contributed by atoms with Gasteiger partial charge in [0.05, 0.1) is 25.7 Å². The highest BCUT2D eigenvalue weighted by Gasteiger charge is 2.74. The topological polar surface area (TPSA) is 125 Å². The Balaban J connectivity index is 1.65. The zero-order valence-corrected chi connectivity index (χ0v) is 27.0. The van der Waals surface area contributed by atoms with E-state index in [9.17, 15) is 19.5 Å². The number of fused-ring (bicyclic) bond motifs is 3. The smallest absolute Gasteiger partial charge is 0.308 e. The third-order valence-electron chi connectivity index (χ3n) is 13.7. The third kappa shape index (κ3) is 4.06. The molecule has 5 rings (SSSR count). The predicted molar refractivity (Wildman–Crippen MR) is 158 cm³/mol. The number of carboxylic acids is 1. The normalized spacial score (nSPS) is 47.0. The molecule has 0 spiro atoms. The van der Waals surface area contributed by atoms with Crippen molar-refractivity contribution in [2.45, 2.75) is 99.7 Å². The van der Waals surface area contributed by atoms with Crippen molar-refractivity contribution in [1.29, 1.82) is 0 Å². The number of hydrogen-bond acceptors (Lipinski definition) is 7. The quantitative estimate of drug-likeness (QED) is 0.398. The molecular formula is C34H53NO7. The van der Waals surface area contributed by atoms with Gasteiger partial charge in [-0.25, -0.2) is 0 Å². The molecule has 1 aliphatic heterocycles. The first-order valence-electron chi connectivity index (χ1n) is 16.1. The molecule has 5 aliphatic rings. The number of allylic oxidation sites excluding steroid dienone is 1. The van der Waals surface area contributed by atoms with Crippen LogP contribution in [0.15, 0.2) is 11.6 Å². The van der Waals surface area contributed by atoms with Crippen molar-refractivity contribution in [3.05, 3.63) is 11.6 Å². The van der Waals surface area contributed by atoms with Crippen LogP contribution in [0.4, 0.5) is 0 Å². The summed E-state index contributed by atoms with van der Waals surface area (Å²) >= 11 is 0. The lowest BCUT2D eigenvalue weighted by atomic mass is 9.34. The summed E-state index contributed by atoms with van der Waals surface area (Å²) in [5.41, 5.74) is 3.94. The molecule has 0 radical (unpaired) electrons. The van der Waals surface area contributed by atoms with E-state index < -0.39 is 45.1 Å². The summed E-state index contributed by atoms with van der Waals surface area (Å²) in [6.45, 7) is 18.0. The van der Waals surface area contributed by atoms with E-state index in [1.807, 2.05) is 13.0 Å². The van der Waals surface area contributed by atoms with Crippen LogP contribution in [-0.2, 0) is 28.6 Å². The number of carbonyl (C=O) groups is 3. The molecule has 0 amide bonds. The van der Waals surface area contributed by atoms with Crippen LogP contribution in [0, 0.1) is 56.7 Å². The average Bonchev–Trinajstić information content (AvgIpc) is 2.89. The standard InChI is InChI=1S/C34H53NO7/c1-19(2)20(3)30(5)11-12-32(7)22-9-10-25-31(6)17-40-18-34(25,16-24(42-21(4)36)28(31)41-14-13-35)23(22)15-26(37)33(32,8)27(30)29(38)39/h15,19-20,22,24-25,27-28H,9-14,16-18,35H2,1-8H3,(H,38,39)/t20-,22+,24-,25+,27-,28+,30-,31-,32-,33+,34+/m1/s1. The fourth-order valence-electron chi connectivity index (χ4n) is 11.2. The van der Waals surface area contributed by atoms with Gasteiger partial charge in [-0.15, -0.1) is 0 Å². The minimum atomic E-state index is -1.04. The molecule has 11 atom stereocenters. The molecule has 2 bridgehead atoms. The van der Waals surface area contributed by atoms with E-state index in [-0.39, 0.29) is 35.6 Å². The summed E-state index contributed by atoms with van der Waals surface area (Å²) in [6.07, 6.45) is 4.89. The number of ketones is 1. The van der Waals surface area contributed by atoms with Crippen molar-refractivity contribution in [1.82, 2.24) is 0 Å². The van der Waals surface area contributed by atoms with Gasteiger partial charge in [-0.05, 0) is 72.7 Å². The molecule has 8 heteroatoms. The number of carboxylic acid groups (broad SMARTS) is 1. The van der Waals surface area contributed by atoms with E-state index in [4.69, 9.17) is 19.9 Å². The Bertz CT molecular complexity index is 1170. The van der Waals surface area contributed by atoms with Crippen molar-refractivity contribution in [3.63, 3.8) is 0 Å². The molecular weight excluding hydrogens is 534 g/mol. The first-order chi connectivity index (χ1) is 19.5. The molecule has 3 N–H and O–H groups in total. The maximum absolute atomic E-state index is 14.7. The Labute approximate surface area is 251 Å². The SMILES string of the molecule is CC(=O)O[C@@H]1C[C@@]23COC[C@](C)([C@@H]2CC[C@H]2C3=CC(=O)[C@@]3(C)[C@H](C(=O)O)[C@@](C)([C@H](C)C(C)C)CC[C@]23C)[C@H]1OCCN. The lowest BCUT2D eigenvalue weighted by Gasteiger charge is -2.70. The molecule has 236 valence electrons. The molecule has 0 aromatic heterocycles. The number of carbonyl (C=O) groups excluding carboxylic acids is 2. The van der Waals surface area contributed by atoms with Crippen molar-refractivity contribution in [2.24, 2.45) is 62.4 Å². The van der Waals surface area contributed by atoms with Crippen LogP contribution in [0.1, 0.15) is 87.5 Å². The van der Waals surface area contributed by atoms with Gasteiger partial charge in [0.15, 0.2) is 5.78 Å². The fraction of sp³-hybridized carbons (Fsp3) is 0.853. The first-order valence-corrected chi connectivity index (χ1v) is 16.1. The van der Waals surface area contributed by atoms with Gasteiger partial charge in [0.2, 0.25) is 0 Å². The Morgan fingerprint density at radius 1 is 1.12 bits per heavy atom. The second-order valence-corrected chi connectivity index (χ2v) is 15.7. The van der Waals surface area contributed by atoms with E-state index in [1.165, 1.54) is 6.92 Å². The van der Waals surface area contributed by atoms with E-state index in [0.717, 1.165) is 31.3 Å². The maximum Gasteiger partial charge on any atom is 0.308 e. The molecule has 0 aromatic rings. The number of nitrogens with two attached hydrogens (primary N) is 1. The van der Waals surface area contributed by atoms with E-state index in [2.05, 4.69) is 41.5 Å². The van der Waals surface area contributed by atoms with E-state index in [1.54, 1.807) is 0 Å². The summed E-state index contributed by atoms with van der Waals surface area (Å²) in [4.78, 5) is 40.3. The highest BCUT2D eigenvalue weighted by Crippen LogP contribution is 2.74. The van der Waals surface area contributed by atoms with Crippen molar-refractivity contribution < 1.29 is 33.7 Å². The van der Waals surface area contributed by atoms with Gasteiger partial charge < -0.3 is 25.1 Å². The molecule has 4 aliphatic carbocycles. The number of ether oxygens (including phenoxy) is 3. The van der Waals surface area contributed by atoms with Crippen molar-refractivity contribution in [3.8, 4) is 0 Å². The zero-order valence-electron chi connectivity index (χ0n) is 27.0. The van der Waals surface area contributed by atoms with Gasteiger partial charge in [0.1, 0.15) is 12.2 Å². The van der Waals surface area contributed by atoms with Crippen LogP contribution < -0.4 is 5.73 Å². The number of hydrogen-bond donors (Lipinski definition) is 2. The Hall–Kier alpha value is -1.77. The maximum atomic E-state index is 14.7. The highest BCUT2D eigenvalue weighted by atomic mass is 16.6. The lowest BCUT2D eigenvalue weighted by molar-refractivity contribution is -0.265. The van der Waals surface area contributed by atoms with Gasteiger partial charge in [0.25, 0.3) is 0 Å². The van der Waals surface area contributed by atoms with Crippen LogP contribution in [0.5, 0.6) is 0 Å². The molecule has 1 heterocycles. The monoisotopic (exact) mass is 587 g/mol. The lowest BCUT2D eigenvalue weighted by Crippen LogP contribution is -2.71. The van der Waals surface area contributed by atoms with Crippen molar-refractivity contribution >= 4 is 17.7 Å². The largest absolute Gasteiger partial charge is 0.481 e. The first kappa shape index (κ1) is 31.6. The number of esters is 1. The van der Waals surface area contributed by atoms with Crippen LogP contribution in [0.25, 0.3) is 0 Å². The van der Waals surface area contributed by atoms with E-state index in [0.29, 0.717) is 38.7 Å². The molecule has 1 saturated heterocycles. The highest BCUT2D eigenvalue weighted by molar-refractivity contribution is 6.00. The summed E-state index contributed by atoms with van der Waals surface area (Å²) in [5, 5.41) is 10.9. The van der Waals surface area contributed by atoms with Crippen molar-refractivity contribution in [2.75, 3.05) is 26.4 Å². The van der Waals surface area contributed by atoms with Crippen LogP contribution in [-0.4, -0.2) is 61.4 Å². The Kier molecular flexibility index (Phi) is 7.84. The summed E-state index contributed by atoms with van der Waals surface area (Å²) < 4.78 is 18.7. The molecule has 3 saturated carbocycles. The number of aliphatic carboxylic acids is 1. The fourth-order valence-corrected chi connectivity index (χ4v) is 11.2. The van der Waals surface area contributed by atoms with Gasteiger partial charge >= 0.3 is 11.9 Å². The molecule has 0 unspecified atom stereocenters. The predicted octanol–water partition coefficient (Wildman–Crippen LogP) is 5.03. The molecule has 8 nitrogen and oxygen atoms in total. The van der Waals surface area contributed by atoms with Gasteiger partial charge in [-0.1, -0.05) is 54.0 Å². The summed E-state index contributed by atoms with van der Waals surface area (Å²) in [7, 11) is 0. The van der Waals surface area contributed by atoms with Gasteiger partial charge in [-0.3, -0.25) is 14.4 Å². The molecule has 42 heavy (non-hydrogen) atoms. The Morgan fingerprint density at radius 2 is 1.81 bits per heavy atom. The zero-order chi connectivity index (χ0) is 31.0. The second-order valence-electron chi connectivity index (χ2n) is 15.7.